The Kier molecular flexibility index (Phi) is 5.34. The van der Waals surface area contributed by atoms with Gasteiger partial charge in [-0.1, -0.05) is 66.7 Å². The molecule has 0 radical (unpaired) electrons. The van der Waals surface area contributed by atoms with Gasteiger partial charge in [-0.05, 0) is 78.8 Å². The summed E-state index contributed by atoms with van der Waals surface area (Å²) >= 11 is 1.81. The van der Waals surface area contributed by atoms with Crippen molar-refractivity contribution in [2.45, 2.75) is 42.8 Å². The fourth-order valence-corrected chi connectivity index (χ4v) is 15.3. The molecule has 3 saturated carbocycles. The highest BCUT2D eigenvalue weighted by Crippen LogP contribution is 2.75. The molecule has 3 fully saturated rings. The van der Waals surface area contributed by atoms with E-state index < -0.39 is 30.2 Å². The molecule has 190 valence electrons. The average molecular weight is 549 g/mol. The second-order valence-electron chi connectivity index (χ2n) is 10.8. The van der Waals surface area contributed by atoms with Gasteiger partial charge in [-0.15, -0.1) is 11.8 Å². The zero-order valence-electron chi connectivity index (χ0n) is 20.1. The molecule has 4 aliphatic rings. The lowest BCUT2D eigenvalue weighted by Crippen LogP contribution is -2.58. The van der Waals surface area contributed by atoms with E-state index in [-0.39, 0.29) is 38.2 Å². The third-order valence-electron chi connectivity index (χ3n) is 9.29. The molecule has 3 aromatic carbocycles. The van der Waals surface area contributed by atoms with Gasteiger partial charge in [-0.25, -0.2) is 16.8 Å². The fraction of sp³-hybridized carbons (Fsp3) is 0.333. The molecule has 0 N–H and O–H groups in total. The van der Waals surface area contributed by atoms with Gasteiger partial charge < -0.3 is 0 Å². The largest absolute Gasteiger partial charge is 0.223 e. The van der Waals surface area contributed by atoms with Crippen molar-refractivity contribution >= 4 is 31.4 Å². The van der Waals surface area contributed by atoms with Gasteiger partial charge in [0.05, 0.1) is 20.3 Å². The lowest BCUT2D eigenvalue weighted by molar-refractivity contribution is 0.242. The van der Waals surface area contributed by atoms with Crippen LogP contribution >= 0.6 is 11.8 Å². The molecule has 7 rings (SSSR count). The van der Waals surface area contributed by atoms with Crippen molar-refractivity contribution in [2.24, 2.45) is 29.6 Å². The number of hydrogen-bond donors (Lipinski definition) is 0. The van der Waals surface area contributed by atoms with E-state index in [2.05, 4.69) is 24.3 Å². The van der Waals surface area contributed by atoms with Crippen molar-refractivity contribution in [2.75, 3.05) is 0 Å². The molecule has 0 saturated heterocycles. The summed E-state index contributed by atoms with van der Waals surface area (Å²) in [7, 11) is -7.79. The maximum absolute atomic E-state index is 14.4. The molecule has 8 atom stereocenters. The van der Waals surface area contributed by atoms with E-state index in [9.17, 15) is 16.8 Å². The number of rotatable bonds is 6. The van der Waals surface area contributed by atoms with Crippen molar-refractivity contribution in [1.29, 1.82) is 0 Å². The summed E-state index contributed by atoms with van der Waals surface area (Å²) in [6.07, 6.45) is 6.16. The van der Waals surface area contributed by atoms with E-state index in [0.29, 0.717) is 12.3 Å². The van der Waals surface area contributed by atoms with Crippen LogP contribution in [-0.2, 0) is 19.7 Å². The van der Waals surface area contributed by atoms with E-state index in [1.54, 1.807) is 60.7 Å². The monoisotopic (exact) mass is 548 g/mol. The highest BCUT2D eigenvalue weighted by Gasteiger charge is 2.77. The van der Waals surface area contributed by atoms with Crippen LogP contribution in [-0.4, -0.2) is 32.1 Å². The predicted molar refractivity (Wildman–Crippen MR) is 146 cm³/mol. The van der Waals surface area contributed by atoms with Crippen LogP contribution in [0.2, 0.25) is 0 Å². The molecule has 0 aliphatic heterocycles. The highest BCUT2D eigenvalue weighted by atomic mass is 32.2. The summed E-state index contributed by atoms with van der Waals surface area (Å²) in [4.78, 5) is 1.57. The zero-order chi connectivity index (χ0) is 25.4. The highest BCUT2D eigenvalue weighted by molar-refractivity contribution is 8.01. The minimum Gasteiger partial charge on any atom is -0.223 e. The Hall–Kier alpha value is -2.35. The Morgan fingerprint density at radius 2 is 1.19 bits per heavy atom. The van der Waals surface area contributed by atoms with E-state index in [1.807, 2.05) is 30.0 Å². The lowest BCUT2D eigenvalue weighted by atomic mass is 9.72. The first-order valence-corrected chi connectivity index (χ1v) is 16.8. The Labute approximate surface area is 223 Å². The minimum atomic E-state index is -3.91. The second-order valence-corrected chi connectivity index (χ2v) is 16.4. The third-order valence-corrected chi connectivity index (χ3v) is 15.8. The van der Waals surface area contributed by atoms with Crippen molar-refractivity contribution in [1.82, 2.24) is 0 Å². The van der Waals surface area contributed by atoms with Crippen molar-refractivity contribution in [3.8, 4) is 0 Å². The smallest absolute Gasteiger partial charge is 0.182 e. The minimum absolute atomic E-state index is 0.142. The van der Waals surface area contributed by atoms with Crippen LogP contribution in [0.5, 0.6) is 0 Å². The van der Waals surface area contributed by atoms with Crippen LogP contribution in [0.3, 0.4) is 0 Å². The fourth-order valence-electron chi connectivity index (χ4n) is 8.16. The van der Waals surface area contributed by atoms with E-state index in [4.69, 9.17) is 0 Å². The van der Waals surface area contributed by atoms with Gasteiger partial charge in [0.2, 0.25) is 0 Å². The standard InChI is InChI=1S/C30H28O4S3/c31-36(32,23-12-6-2-7-13-23)28-25-19-26(29(28)37(33,34)24-14-8-3-9-15-24)30(35-22-10-4-1-5-11-22)21-17-16-20(18-21)27(25)30/h1-17,20-21,25-29H,18-19H2/t20-,21-,25-,26-,27-,28+,29-,30+/m0/s1. The van der Waals surface area contributed by atoms with Crippen molar-refractivity contribution in [3.05, 3.63) is 103 Å². The molecule has 0 spiro atoms. The molecule has 0 heterocycles. The van der Waals surface area contributed by atoms with Gasteiger partial charge in [0.15, 0.2) is 19.7 Å². The SMILES string of the molecule is O=S(=O)(c1ccccc1)[C@@H]1[C@H]2C[C@@H]([C@@H]1S(=O)(=O)c1ccccc1)[C@@]1(Sc3ccccc3)[C@H]2[C@H]2C=C[C@H]1C2. The first kappa shape index (κ1) is 23.7. The molecule has 4 nitrogen and oxygen atoms in total. The quantitative estimate of drug-likeness (QED) is 0.293. The van der Waals surface area contributed by atoms with Crippen LogP contribution < -0.4 is 0 Å². The molecule has 0 aromatic heterocycles. The number of fused-ring (bicyclic) bond motifs is 9. The molecule has 0 amide bonds. The summed E-state index contributed by atoms with van der Waals surface area (Å²) in [5.74, 6) is 0.237. The first-order valence-electron chi connectivity index (χ1n) is 12.9. The summed E-state index contributed by atoms with van der Waals surface area (Å²) in [6, 6.07) is 27.1. The normalized spacial score (nSPS) is 35.6. The van der Waals surface area contributed by atoms with Crippen LogP contribution in [0.15, 0.2) is 118 Å². The maximum atomic E-state index is 14.4. The van der Waals surface area contributed by atoms with Crippen LogP contribution in [0.1, 0.15) is 12.8 Å². The molecule has 37 heavy (non-hydrogen) atoms. The Bertz CT molecular complexity index is 1570. The topological polar surface area (TPSA) is 68.3 Å². The summed E-state index contributed by atoms with van der Waals surface area (Å²) < 4.78 is 57.1. The molecular weight excluding hydrogens is 521 g/mol. The molecule has 4 bridgehead atoms. The van der Waals surface area contributed by atoms with E-state index >= 15 is 0 Å². The molecule has 7 heteroatoms. The van der Waals surface area contributed by atoms with Crippen LogP contribution in [0.4, 0.5) is 0 Å². The molecule has 3 aromatic rings. The van der Waals surface area contributed by atoms with Gasteiger partial charge in [0.25, 0.3) is 0 Å². The van der Waals surface area contributed by atoms with Crippen molar-refractivity contribution in [3.63, 3.8) is 0 Å². The van der Waals surface area contributed by atoms with Crippen LogP contribution in [0.25, 0.3) is 0 Å². The molecule has 0 unspecified atom stereocenters. The zero-order valence-corrected chi connectivity index (χ0v) is 22.6. The predicted octanol–water partition coefficient (Wildman–Crippen LogP) is 5.67. The maximum Gasteiger partial charge on any atom is 0.182 e. The number of allylic oxidation sites excluding steroid dienone is 2. The lowest BCUT2D eigenvalue weighted by Gasteiger charge is -2.49. The summed E-state index contributed by atoms with van der Waals surface area (Å²) in [5, 5.41) is -1.93. The van der Waals surface area contributed by atoms with Crippen LogP contribution in [0, 0.1) is 29.6 Å². The third kappa shape index (κ3) is 3.26. The summed E-state index contributed by atoms with van der Waals surface area (Å²) in [6.45, 7) is 0. The number of hydrogen-bond acceptors (Lipinski definition) is 5. The van der Waals surface area contributed by atoms with Crippen molar-refractivity contribution < 1.29 is 16.8 Å². The Morgan fingerprint density at radius 1 is 0.649 bits per heavy atom. The summed E-state index contributed by atoms with van der Waals surface area (Å²) in [5.41, 5.74) is 0. The first-order chi connectivity index (χ1) is 17.8. The Balaban J connectivity index is 1.43. The number of sulfone groups is 2. The number of benzene rings is 3. The van der Waals surface area contributed by atoms with E-state index in [0.717, 1.165) is 11.3 Å². The van der Waals surface area contributed by atoms with Gasteiger partial charge in [-0.3, -0.25) is 0 Å². The average Bonchev–Trinajstić information content (AvgIpc) is 3.69. The van der Waals surface area contributed by atoms with Gasteiger partial charge in [-0.2, -0.15) is 0 Å². The van der Waals surface area contributed by atoms with Gasteiger partial charge in [0, 0.05) is 9.64 Å². The van der Waals surface area contributed by atoms with E-state index in [1.165, 1.54) is 0 Å². The van der Waals surface area contributed by atoms with Gasteiger partial charge >= 0.3 is 0 Å². The van der Waals surface area contributed by atoms with Gasteiger partial charge in [0.1, 0.15) is 0 Å². The number of thioether (sulfide) groups is 1. The molecule has 4 aliphatic carbocycles. The molecular formula is C30H28O4S3. The second kappa shape index (κ2) is 8.32. The Morgan fingerprint density at radius 3 is 1.78 bits per heavy atom.